The molecule has 2 heterocycles. The number of rotatable bonds is 5. The average Bonchev–Trinajstić information content (AvgIpc) is 2.80. The normalized spacial score (nSPS) is 22.3. The molecular formula is C16H28N4O. The number of hydrogen-bond donors (Lipinski definition) is 1. The molecule has 0 unspecified atom stereocenters. The minimum Gasteiger partial charge on any atom is -0.396 e. The van der Waals surface area contributed by atoms with Crippen LogP contribution in [0.5, 0.6) is 0 Å². The van der Waals surface area contributed by atoms with E-state index >= 15 is 0 Å². The summed E-state index contributed by atoms with van der Waals surface area (Å²) in [7, 11) is 4.18. The van der Waals surface area contributed by atoms with Gasteiger partial charge in [-0.15, -0.1) is 0 Å². The molecule has 1 aliphatic rings. The minimum absolute atomic E-state index is 0.250. The van der Waals surface area contributed by atoms with Crippen molar-refractivity contribution in [1.82, 2.24) is 14.9 Å². The van der Waals surface area contributed by atoms with Gasteiger partial charge in [-0.3, -0.25) is 0 Å². The molecule has 0 saturated carbocycles. The Kier molecular flexibility index (Phi) is 5.17. The highest BCUT2D eigenvalue weighted by Gasteiger charge is 2.34. The molecule has 0 bridgehead atoms. The van der Waals surface area contributed by atoms with Gasteiger partial charge in [-0.1, -0.05) is 6.92 Å². The molecule has 2 rings (SSSR count). The van der Waals surface area contributed by atoms with E-state index in [9.17, 15) is 5.11 Å². The first-order chi connectivity index (χ1) is 9.96. The smallest absolute Gasteiger partial charge is 0.135 e. The van der Waals surface area contributed by atoms with E-state index in [-0.39, 0.29) is 6.61 Å². The molecule has 1 saturated heterocycles. The largest absolute Gasteiger partial charge is 0.396 e. The van der Waals surface area contributed by atoms with Crippen LogP contribution in [0, 0.1) is 25.7 Å². The van der Waals surface area contributed by atoms with Crippen LogP contribution in [-0.2, 0) is 6.42 Å². The van der Waals surface area contributed by atoms with Gasteiger partial charge < -0.3 is 14.9 Å². The lowest BCUT2D eigenvalue weighted by atomic mass is 9.97. The third kappa shape index (κ3) is 3.52. The fourth-order valence-corrected chi connectivity index (χ4v) is 3.39. The Morgan fingerprint density at radius 1 is 1.19 bits per heavy atom. The zero-order valence-electron chi connectivity index (χ0n) is 13.9. The molecule has 0 amide bonds. The number of nitrogens with zero attached hydrogens (tertiary/aromatic N) is 4. The Morgan fingerprint density at radius 2 is 1.86 bits per heavy atom. The van der Waals surface area contributed by atoms with Gasteiger partial charge in [-0.2, -0.15) is 0 Å². The molecule has 1 aromatic heterocycles. The van der Waals surface area contributed by atoms with Crippen molar-refractivity contribution in [1.29, 1.82) is 0 Å². The van der Waals surface area contributed by atoms with E-state index in [1.165, 1.54) is 5.56 Å². The van der Waals surface area contributed by atoms with Gasteiger partial charge in [0.15, 0.2) is 0 Å². The summed E-state index contributed by atoms with van der Waals surface area (Å²) in [5.41, 5.74) is 2.32. The molecule has 1 N–H and O–H groups in total. The fraction of sp³-hybridized carbons (Fsp3) is 0.750. The van der Waals surface area contributed by atoms with Crippen molar-refractivity contribution in [3.8, 4) is 0 Å². The summed E-state index contributed by atoms with van der Waals surface area (Å²) >= 11 is 0. The van der Waals surface area contributed by atoms with Crippen molar-refractivity contribution in [3.05, 3.63) is 17.1 Å². The zero-order valence-corrected chi connectivity index (χ0v) is 13.9. The summed E-state index contributed by atoms with van der Waals surface area (Å²) in [4.78, 5) is 13.7. The van der Waals surface area contributed by atoms with Crippen molar-refractivity contribution in [3.63, 3.8) is 0 Å². The Labute approximate surface area is 128 Å². The van der Waals surface area contributed by atoms with Crippen LogP contribution >= 0.6 is 0 Å². The van der Waals surface area contributed by atoms with Crippen LogP contribution in [0.3, 0.4) is 0 Å². The summed E-state index contributed by atoms with van der Waals surface area (Å²) in [6, 6.07) is 0. The maximum atomic E-state index is 9.67. The summed E-state index contributed by atoms with van der Waals surface area (Å²) in [5.74, 6) is 2.72. The van der Waals surface area contributed by atoms with Crippen molar-refractivity contribution < 1.29 is 5.11 Å². The number of aryl methyl sites for hydroxylation is 2. The quantitative estimate of drug-likeness (QED) is 0.885. The molecule has 1 fully saturated rings. The van der Waals surface area contributed by atoms with Crippen LogP contribution in [0.1, 0.15) is 24.0 Å². The molecule has 5 nitrogen and oxygen atoms in total. The van der Waals surface area contributed by atoms with Gasteiger partial charge in [-0.25, -0.2) is 9.97 Å². The highest BCUT2D eigenvalue weighted by molar-refractivity contribution is 5.50. The molecule has 5 heteroatoms. The van der Waals surface area contributed by atoms with Crippen molar-refractivity contribution in [2.75, 3.05) is 45.2 Å². The van der Waals surface area contributed by atoms with Crippen LogP contribution in [0.4, 0.5) is 5.82 Å². The van der Waals surface area contributed by atoms with Gasteiger partial charge in [0.25, 0.3) is 0 Å². The van der Waals surface area contributed by atoms with Gasteiger partial charge in [-0.05, 0) is 40.3 Å². The summed E-state index contributed by atoms with van der Waals surface area (Å²) in [6.45, 7) is 9.28. The van der Waals surface area contributed by atoms with E-state index < -0.39 is 0 Å². The molecule has 1 aromatic rings. The number of aliphatic hydroxyl groups excluding tert-OH is 1. The Hall–Kier alpha value is -1.20. The summed E-state index contributed by atoms with van der Waals surface area (Å²) in [5, 5.41) is 9.67. The molecule has 0 spiro atoms. The molecule has 118 valence electrons. The van der Waals surface area contributed by atoms with Crippen molar-refractivity contribution in [2.24, 2.45) is 11.8 Å². The van der Waals surface area contributed by atoms with Crippen LogP contribution in [0.25, 0.3) is 0 Å². The maximum absolute atomic E-state index is 9.67. The molecule has 0 aromatic carbocycles. The van der Waals surface area contributed by atoms with Gasteiger partial charge >= 0.3 is 0 Å². The summed E-state index contributed by atoms with van der Waals surface area (Å²) in [6.07, 6.45) is 0.945. The highest BCUT2D eigenvalue weighted by Crippen LogP contribution is 2.30. The number of hydrogen-bond acceptors (Lipinski definition) is 5. The Morgan fingerprint density at radius 3 is 2.43 bits per heavy atom. The van der Waals surface area contributed by atoms with E-state index in [1.807, 2.05) is 6.92 Å². The maximum Gasteiger partial charge on any atom is 0.135 e. The van der Waals surface area contributed by atoms with Crippen molar-refractivity contribution in [2.45, 2.75) is 27.2 Å². The van der Waals surface area contributed by atoms with E-state index in [0.717, 1.165) is 43.4 Å². The summed E-state index contributed by atoms with van der Waals surface area (Å²) < 4.78 is 0. The van der Waals surface area contributed by atoms with Crippen LogP contribution in [0.2, 0.25) is 0 Å². The minimum atomic E-state index is 0.250. The van der Waals surface area contributed by atoms with Gasteiger partial charge in [0, 0.05) is 43.4 Å². The Balaban J connectivity index is 2.27. The lowest BCUT2D eigenvalue weighted by Gasteiger charge is -2.22. The van der Waals surface area contributed by atoms with E-state index in [0.29, 0.717) is 11.8 Å². The second-order valence-electron chi connectivity index (χ2n) is 6.38. The highest BCUT2D eigenvalue weighted by atomic mass is 16.3. The second-order valence-corrected chi connectivity index (χ2v) is 6.38. The van der Waals surface area contributed by atoms with E-state index in [2.05, 4.69) is 47.7 Å². The first-order valence-electron chi connectivity index (χ1n) is 7.80. The Bertz CT molecular complexity index is 489. The zero-order chi connectivity index (χ0) is 15.6. The molecule has 0 radical (unpaired) electrons. The molecule has 0 aliphatic carbocycles. The number of aliphatic hydroxyl groups is 1. The predicted octanol–water partition coefficient (Wildman–Crippen LogP) is 1.26. The number of anilines is 1. The molecular weight excluding hydrogens is 264 g/mol. The molecule has 1 aliphatic heterocycles. The SMILES string of the molecule is CCc1c(C)nc(C)nc1N1C[C@@H](CN(C)C)[C@@H](CO)C1. The van der Waals surface area contributed by atoms with Gasteiger partial charge in [0.1, 0.15) is 11.6 Å². The first kappa shape index (κ1) is 16.2. The molecule has 2 atom stereocenters. The standard InChI is InChI=1S/C16H28N4O/c1-6-15-11(2)17-12(3)18-16(15)20-8-13(7-19(4)5)14(9-20)10-21/h13-14,21H,6-10H2,1-5H3/t13-,14-/m1/s1. The second kappa shape index (κ2) is 6.71. The topological polar surface area (TPSA) is 52.5 Å². The monoisotopic (exact) mass is 292 g/mol. The van der Waals surface area contributed by atoms with Crippen LogP contribution in [-0.4, -0.2) is 60.3 Å². The fourth-order valence-electron chi connectivity index (χ4n) is 3.39. The lowest BCUT2D eigenvalue weighted by Crippen LogP contribution is -2.29. The third-order valence-electron chi connectivity index (χ3n) is 4.37. The van der Waals surface area contributed by atoms with Gasteiger partial charge in [0.2, 0.25) is 0 Å². The predicted molar refractivity (Wildman–Crippen MR) is 85.7 cm³/mol. The number of aromatic nitrogens is 2. The third-order valence-corrected chi connectivity index (χ3v) is 4.37. The van der Waals surface area contributed by atoms with Crippen LogP contribution in [0.15, 0.2) is 0 Å². The lowest BCUT2D eigenvalue weighted by molar-refractivity contribution is 0.185. The van der Waals surface area contributed by atoms with E-state index in [1.54, 1.807) is 0 Å². The van der Waals surface area contributed by atoms with E-state index in [4.69, 9.17) is 0 Å². The molecule has 21 heavy (non-hydrogen) atoms. The van der Waals surface area contributed by atoms with Crippen molar-refractivity contribution >= 4 is 5.82 Å². The van der Waals surface area contributed by atoms with Crippen LogP contribution < -0.4 is 4.90 Å². The first-order valence-corrected chi connectivity index (χ1v) is 7.80. The van der Waals surface area contributed by atoms with Gasteiger partial charge in [0.05, 0.1) is 0 Å². The average molecular weight is 292 g/mol.